The van der Waals surface area contributed by atoms with Crippen LogP contribution >= 0.6 is 0 Å². The van der Waals surface area contributed by atoms with Gasteiger partial charge in [-0.15, -0.1) is 0 Å². The first-order valence-electron chi connectivity index (χ1n) is 11.9. The number of carbonyl (C=O) groups is 3. The fraction of sp³-hybridized carbons (Fsp3) is 0.560. The first kappa shape index (κ1) is 25.9. The molecule has 0 saturated carbocycles. The Morgan fingerprint density at radius 3 is 2.85 bits per heavy atom. The normalized spacial score (nSPS) is 22.8. The van der Waals surface area contributed by atoms with Crippen molar-refractivity contribution in [1.29, 1.82) is 0 Å². The maximum atomic E-state index is 13.5. The molecule has 9 heteroatoms. The number of carbonyl (C=O) groups excluding carboxylic acids is 3. The molecular weight excluding hydrogens is 438 g/mol. The molecule has 0 spiro atoms. The molecule has 0 radical (unpaired) electrons. The van der Waals surface area contributed by atoms with Crippen molar-refractivity contribution in [2.45, 2.75) is 57.1 Å². The Labute approximate surface area is 200 Å². The first-order chi connectivity index (χ1) is 16.3. The molecule has 1 aromatic carbocycles. The van der Waals surface area contributed by atoms with Gasteiger partial charge in [-0.05, 0) is 56.8 Å². The lowest BCUT2D eigenvalue weighted by Gasteiger charge is -2.28. The summed E-state index contributed by atoms with van der Waals surface area (Å²) in [6, 6.07) is 4.90. The van der Waals surface area contributed by atoms with E-state index < -0.39 is 17.4 Å². The molecule has 2 aliphatic heterocycles. The fourth-order valence-corrected chi connectivity index (χ4v) is 4.54. The van der Waals surface area contributed by atoms with Crippen LogP contribution in [0.15, 0.2) is 30.4 Å². The molecule has 186 valence electrons. The highest BCUT2D eigenvalue weighted by molar-refractivity contribution is 6.08. The van der Waals surface area contributed by atoms with Gasteiger partial charge in [0, 0.05) is 36.7 Å². The van der Waals surface area contributed by atoms with Crippen LogP contribution in [-0.4, -0.2) is 60.8 Å². The minimum atomic E-state index is -1.81. The van der Waals surface area contributed by atoms with Crippen molar-refractivity contribution in [1.82, 2.24) is 5.32 Å². The van der Waals surface area contributed by atoms with Gasteiger partial charge in [0.15, 0.2) is 5.60 Å². The number of nitrogens with zero attached hydrogens (tertiary/aromatic N) is 1. The second-order valence-corrected chi connectivity index (χ2v) is 8.86. The number of anilines is 2. The monoisotopic (exact) mass is 473 g/mol. The van der Waals surface area contributed by atoms with Crippen LogP contribution in [0.4, 0.5) is 11.4 Å². The van der Waals surface area contributed by atoms with Gasteiger partial charge in [0.25, 0.3) is 5.91 Å². The number of amides is 2. The van der Waals surface area contributed by atoms with Crippen LogP contribution in [0, 0.1) is 5.92 Å². The van der Waals surface area contributed by atoms with Crippen LogP contribution in [0.5, 0.6) is 0 Å². The Hall–Kier alpha value is -2.75. The molecule has 2 aliphatic rings. The summed E-state index contributed by atoms with van der Waals surface area (Å²) in [4.78, 5) is 39.0. The summed E-state index contributed by atoms with van der Waals surface area (Å²) in [6.45, 7) is 2.88. The van der Waals surface area contributed by atoms with Crippen LogP contribution < -0.4 is 15.5 Å². The van der Waals surface area contributed by atoms with Crippen molar-refractivity contribution in [2.24, 2.45) is 5.92 Å². The van der Waals surface area contributed by atoms with Crippen molar-refractivity contribution < 1.29 is 29.3 Å². The summed E-state index contributed by atoms with van der Waals surface area (Å²) in [6.07, 6.45) is 6.98. The van der Waals surface area contributed by atoms with E-state index in [2.05, 4.69) is 15.4 Å². The maximum absolute atomic E-state index is 13.5. The Morgan fingerprint density at radius 2 is 2.18 bits per heavy atom. The van der Waals surface area contributed by atoms with Crippen molar-refractivity contribution in [3.05, 3.63) is 35.9 Å². The molecule has 0 unspecified atom stereocenters. The van der Waals surface area contributed by atoms with Gasteiger partial charge in [-0.3, -0.25) is 14.4 Å². The van der Waals surface area contributed by atoms with E-state index in [0.717, 1.165) is 19.4 Å². The van der Waals surface area contributed by atoms with Crippen molar-refractivity contribution in [3.8, 4) is 0 Å². The highest BCUT2D eigenvalue weighted by Crippen LogP contribution is 2.46. The van der Waals surface area contributed by atoms with Crippen LogP contribution in [0.1, 0.15) is 51.0 Å². The van der Waals surface area contributed by atoms with Gasteiger partial charge < -0.3 is 30.5 Å². The zero-order valence-corrected chi connectivity index (χ0v) is 19.9. The molecule has 4 N–H and O–H groups in total. The summed E-state index contributed by atoms with van der Waals surface area (Å²) in [5.74, 6) is -1.44. The predicted molar refractivity (Wildman–Crippen MR) is 128 cm³/mol. The van der Waals surface area contributed by atoms with Crippen LogP contribution in [0.3, 0.4) is 0 Å². The van der Waals surface area contributed by atoms with Crippen LogP contribution in [-0.2, 0) is 24.7 Å². The SMILES string of the molecule is COC(=O)CCCCN1C(=O)[C@](O)([C@H](C)/C=C/CCO)c2cc(NC(=O)[C@H]3CCCN3)ccc21. The number of hydrogen-bond acceptors (Lipinski definition) is 7. The third-order valence-corrected chi connectivity index (χ3v) is 6.53. The number of rotatable bonds is 11. The van der Waals surface area contributed by atoms with Gasteiger partial charge in [0.05, 0.1) is 18.8 Å². The molecule has 1 aromatic rings. The van der Waals surface area contributed by atoms with E-state index >= 15 is 0 Å². The Balaban J connectivity index is 1.85. The second-order valence-electron chi connectivity index (χ2n) is 8.86. The lowest BCUT2D eigenvalue weighted by Crippen LogP contribution is -2.44. The molecule has 34 heavy (non-hydrogen) atoms. The van der Waals surface area contributed by atoms with Crippen molar-refractivity contribution in [3.63, 3.8) is 0 Å². The zero-order valence-electron chi connectivity index (χ0n) is 19.9. The molecule has 2 amide bonds. The van der Waals surface area contributed by atoms with Gasteiger partial charge in [0.1, 0.15) is 0 Å². The lowest BCUT2D eigenvalue weighted by atomic mass is 9.82. The van der Waals surface area contributed by atoms with E-state index in [1.165, 1.54) is 7.11 Å². The van der Waals surface area contributed by atoms with E-state index in [9.17, 15) is 19.5 Å². The van der Waals surface area contributed by atoms with E-state index in [4.69, 9.17) is 5.11 Å². The van der Waals surface area contributed by atoms with Crippen molar-refractivity contribution in [2.75, 3.05) is 37.0 Å². The number of aliphatic hydroxyl groups is 2. The third-order valence-electron chi connectivity index (χ3n) is 6.53. The summed E-state index contributed by atoms with van der Waals surface area (Å²) in [7, 11) is 1.34. The number of fused-ring (bicyclic) bond motifs is 1. The smallest absolute Gasteiger partial charge is 0.305 e. The second kappa shape index (κ2) is 11.6. The molecule has 0 bridgehead atoms. The van der Waals surface area contributed by atoms with Crippen LogP contribution in [0.25, 0.3) is 0 Å². The number of unbranched alkanes of at least 4 members (excludes halogenated alkanes) is 1. The summed E-state index contributed by atoms with van der Waals surface area (Å²) < 4.78 is 4.67. The molecular formula is C25H35N3O6. The molecule has 1 saturated heterocycles. The molecule has 9 nitrogen and oxygen atoms in total. The summed E-state index contributed by atoms with van der Waals surface area (Å²) in [5.41, 5.74) is -0.271. The highest BCUT2D eigenvalue weighted by atomic mass is 16.5. The molecule has 3 atom stereocenters. The number of benzene rings is 1. The number of methoxy groups -OCH3 is 1. The number of aliphatic hydroxyl groups excluding tert-OH is 1. The number of esters is 1. The predicted octanol–water partition coefficient (Wildman–Crippen LogP) is 1.83. The Bertz CT molecular complexity index is 927. The first-order valence-corrected chi connectivity index (χ1v) is 11.9. The highest BCUT2D eigenvalue weighted by Gasteiger charge is 2.52. The lowest BCUT2D eigenvalue weighted by molar-refractivity contribution is -0.140. The van der Waals surface area contributed by atoms with Gasteiger partial charge in [-0.2, -0.15) is 0 Å². The van der Waals surface area contributed by atoms with Gasteiger partial charge in [0.2, 0.25) is 5.91 Å². The fourth-order valence-electron chi connectivity index (χ4n) is 4.54. The third kappa shape index (κ3) is 5.48. The average molecular weight is 474 g/mol. The largest absolute Gasteiger partial charge is 0.469 e. The van der Waals surface area contributed by atoms with Gasteiger partial charge in [-0.1, -0.05) is 19.1 Å². The maximum Gasteiger partial charge on any atom is 0.305 e. The Kier molecular flexibility index (Phi) is 8.82. The molecule has 3 rings (SSSR count). The van der Waals surface area contributed by atoms with Crippen LogP contribution in [0.2, 0.25) is 0 Å². The summed E-state index contributed by atoms with van der Waals surface area (Å²) in [5, 5.41) is 26.8. The van der Waals surface area contributed by atoms with Gasteiger partial charge in [-0.25, -0.2) is 0 Å². The Morgan fingerprint density at radius 1 is 1.38 bits per heavy atom. The van der Waals surface area contributed by atoms with E-state index in [1.807, 2.05) is 0 Å². The number of nitrogens with one attached hydrogen (secondary N) is 2. The van der Waals surface area contributed by atoms with E-state index in [0.29, 0.717) is 42.7 Å². The van der Waals surface area contributed by atoms with Gasteiger partial charge >= 0.3 is 5.97 Å². The summed E-state index contributed by atoms with van der Waals surface area (Å²) >= 11 is 0. The van der Waals surface area contributed by atoms with Crippen molar-refractivity contribution >= 4 is 29.2 Å². The minimum absolute atomic E-state index is 0.0239. The standard InChI is InChI=1S/C25H35N3O6/c1-17(8-4-6-15-29)25(33)19-16-18(27-23(31)20-9-7-13-26-20)11-12-21(19)28(24(25)32)14-5-3-10-22(30)34-2/h4,8,11-12,16-17,20,26,29,33H,3,5-7,9-10,13-15H2,1-2H3,(H,27,31)/b8-4+/t17-,20-,25+/m1/s1. The molecule has 0 aliphatic carbocycles. The average Bonchev–Trinajstić information content (AvgIpc) is 3.44. The number of ether oxygens (including phenoxy) is 1. The van der Waals surface area contributed by atoms with E-state index in [1.54, 1.807) is 42.2 Å². The van der Waals surface area contributed by atoms with E-state index in [-0.39, 0.29) is 30.9 Å². The topological polar surface area (TPSA) is 128 Å². The quantitative estimate of drug-likeness (QED) is 0.219. The minimum Gasteiger partial charge on any atom is -0.469 e. The molecule has 1 fully saturated rings. The number of hydrogen-bond donors (Lipinski definition) is 4. The molecule has 2 heterocycles. The molecule has 0 aromatic heterocycles. The zero-order chi connectivity index (χ0) is 24.7.